The maximum Gasteiger partial charge on any atom is 0.293 e. The van der Waals surface area contributed by atoms with Gasteiger partial charge in [-0.25, -0.2) is 0 Å². The molecule has 0 saturated heterocycles. The van der Waals surface area contributed by atoms with Gasteiger partial charge in [0.1, 0.15) is 5.69 Å². The van der Waals surface area contributed by atoms with Crippen LogP contribution >= 0.6 is 0 Å². The van der Waals surface area contributed by atoms with Crippen molar-refractivity contribution in [1.29, 1.82) is 0 Å². The van der Waals surface area contributed by atoms with Crippen LogP contribution in [0.2, 0.25) is 0 Å². The molecule has 0 heterocycles. The first-order valence-corrected chi connectivity index (χ1v) is 6.38. The van der Waals surface area contributed by atoms with Crippen LogP contribution in [0, 0.1) is 10.1 Å². The fourth-order valence-electron chi connectivity index (χ4n) is 1.76. The van der Waals surface area contributed by atoms with Gasteiger partial charge in [0.05, 0.1) is 4.92 Å². The van der Waals surface area contributed by atoms with Crippen LogP contribution in [-0.2, 0) is 0 Å². The lowest BCUT2D eigenvalue weighted by Gasteiger charge is -2.10. The number of anilines is 1. The number of nitrogens with one attached hydrogen (secondary N) is 1. The molecule has 0 spiro atoms. The first kappa shape index (κ1) is 15.9. The number of amides is 1. The normalized spacial score (nSPS) is 10.6. The Morgan fingerprint density at radius 1 is 1.40 bits per heavy atom. The molecule has 1 amide bonds. The number of hydrogen-bond donors (Lipinski definition) is 2. The first-order chi connectivity index (χ1) is 9.41. The fourth-order valence-corrected chi connectivity index (χ4v) is 1.76. The Labute approximate surface area is 117 Å². The molecule has 7 nitrogen and oxygen atoms in total. The number of nitro groups is 1. The van der Waals surface area contributed by atoms with Crippen LogP contribution in [0.3, 0.4) is 0 Å². The van der Waals surface area contributed by atoms with Crippen molar-refractivity contribution < 1.29 is 9.72 Å². The highest BCUT2D eigenvalue weighted by Crippen LogP contribution is 2.25. The van der Waals surface area contributed by atoms with E-state index < -0.39 is 10.8 Å². The maximum absolute atomic E-state index is 11.0. The molecule has 0 aliphatic heterocycles. The first-order valence-electron chi connectivity index (χ1n) is 6.38. The van der Waals surface area contributed by atoms with Crippen molar-refractivity contribution >= 4 is 17.3 Å². The third-order valence-corrected chi connectivity index (χ3v) is 2.83. The average Bonchev–Trinajstić information content (AvgIpc) is 2.37. The van der Waals surface area contributed by atoms with Crippen LogP contribution in [0.5, 0.6) is 0 Å². The second-order valence-corrected chi connectivity index (χ2v) is 4.79. The molecule has 3 N–H and O–H groups in total. The molecule has 0 atom stereocenters. The molecule has 1 rings (SSSR count). The lowest BCUT2D eigenvalue weighted by molar-refractivity contribution is -0.384. The van der Waals surface area contributed by atoms with E-state index in [1.165, 1.54) is 18.2 Å². The molecule has 20 heavy (non-hydrogen) atoms. The summed E-state index contributed by atoms with van der Waals surface area (Å²) in [5.74, 6) is -0.675. The Hall–Kier alpha value is -2.15. The highest BCUT2D eigenvalue weighted by Gasteiger charge is 2.15. The van der Waals surface area contributed by atoms with Crippen LogP contribution < -0.4 is 11.1 Å². The van der Waals surface area contributed by atoms with Gasteiger partial charge in [0, 0.05) is 18.2 Å². The molecule has 0 aromatic heterocycles. The Balaban J connectivity index is 2.65. The smallest absolute Gasteiger partial charge is 0.293 e. The number of benzene rings is 1. The Bertz CT molecular complexity index is 489. The monoisotopic (exact) mass is 280 g/mol. The predicted molar refractivity (Wildman–Crippen MR) is 77.9 cm³/mol. The van der Waals surface area contributed by atoms with Crippen molar-refractivity contribution in [3.05, 3.63) is 33.9 Å². The van der Waals surface area contributed by atoms with Crippen molar-refractivity contribution in [1.82, 2.24) is 4.90 Å². The summed E-state index contributed by atoms with van der Waals surface area (Å²) in [5.41, 5.74) is 5.53. The SMILES string of the molecule is CN(C)CCCCNc1ccc(C(N)=O)cc1[N+](=O)[O-]. The third kappa shape index (κ3) is 4.85. The quantitative estimate of drug-likeness (QED) is 0.426. The molecule has 7 heteroatoms. The summed E-state index contributed by atoms with van der Waals surface area (Å²) in [5, 5.41) is 14.0. The Morgan fingerprint density at radius 2 is 2.10 bits per heavy atom. The standard InChI is InChI=1S/C13H20N4O3/c1-16(2)8-4-3-7-15-11-6-5-10(13(14)18)9-12(11)17(19)20/h5-6,9,15H,3-4,7-8H2,1-2H3,(H2,14,18). The zero-order valence-corrected chi connectivity index (χ0v) is 11.8. The maximum atomic E-state index is 11.0. The van der Waals surface area contributed by atoms with E-state index in [2.05, 4.69) is 10.2 Å². The minimum Gasteiger partial charge on any atom is -0.379 e. The fraction of sp³-hybridized carbons (Fsp3) is 0.462. The molecule has 0 fully saturated rings. The number of nitro benzene ring substituents is 1. The molecule has 0 aliphatic rings. The zero-order valence-electron chi connectivity index (χ0n) is 11.8. The van der Waals surface area contributed by atoms with E-state index in [1.54, 1.807) is 0 Å². The van der Waals surface area contributed by atoms with Crippen molar-refractivity contribution in [2.24, 2.45) is 5.73 Å². The zero-order chi connectivity index (χ0) is 15.1. The highest BCUT2D eigenvalue weighted by atomic mass is 16.6. The number of primary amides is 1. The molecule has 1 aromatic carbocycles. The van der Waals surface area contributed by atoms with Gasteiger partial charge in [0.15, 0.2) is 0 Å². The second-order valence-electron chi connectivity index (χ2n) is 4.79. The molecule has 0 bridgehead atoms. The number of nitrogens with zero attached hydrogens (tertiary/aromatic N) is 2. The van der Waals surface area contributed by atoms with Crippen molar-refractivity contribution in [2.45, 2.75) is 12.8 Å². The number of nitrogens with two attached hydrogens (primary N) is 1. The van der Waals surface area contributed by atoms with Gasteiger partial charge in [0.25, 0.3) is 5.69 Å². The minimum atomic E-state index is -0.675. The van der Waals surface area contributed by atoms with Crippen molar-refractivity contribution in [3.63, 3.8) is 0 Å². The predicted octanol–water partition coefficient (Wildman–Crippen LogP) is 1.45. The van der Waals surface area contributed by atoms with Gasteiger partial charge in [-0.05, 0) is 45.6 Å². The van der Waals surface area contributed by atoms with Crippen LogP contribution in [-0.4, -0.2) is 42.9 Å². The second kappa shape index (κ2) is 7.44. The van der Waals surface area contributed by atoms with Gasteiger partial charge in [-0.15, -0.1) is 0 Å². The van der Waals surface area contributed by atoms with Crippen LogP contribution in [0.15, 0.2) is 18.2 Å². The van der Waals surface area contributed by atoms with E-state index >= 15 is 0 Å². The van der Waals surface area contributed by atoms with Crippen LogP contribution in [0.1, 0.15) is 23.2 Å². The number of unbranched alkanes of at least 4 members (excludes halogenated alkanes) is 1. The molecule has 0 saturated carbocycles. The van der Waals surface area contributed by atoms with Gasteiger partial charge >= 0.3 is 0 Å². The highest BCUT2D eigenvalue weighted by molar-refractivity contribution is 5.94. The number of carbonyl (C=O) groups excluding carboxylic acids is 1. The Morgan fingerprint density at radius 3 is 2.65 bits per heavy atom. The van der Waals surface area contributed by atoms with E-state index in [4.69, 9.17) is 5.73 Å². The number of rotatable bonds is 8. The summed E-state index contributed by atoms with van der Waals surface area (Å²) in [6.45, 7) is 1.62. The molecular formula is C13H20N4O3. The topological polar surface area (TPSA) is 102 Å². The molecular weight excluding hydrogens is 260 g/mol. The van der Waals surface area contributed by atoms with E-state index in [0.717, 1.165) is 19.4 Å². The summed E-state index contributed by atoms with van der Waals surface area (Å²) < 4.78 is 0. The lowest BCUT2D eigenvalue weighted by Crippen LogP contribution is -2.14. The summed E-state index contributed by atoms with van der Waals surface area (Å²) in [6.07, 6.45) is 1.92. The molecule has 110 valence electrons. The summed E-state index contributed by atoms with van der Waals surface area (Å²) in [4.78, 5) is 23.6. The molecule has 0 unspecified atom stereocenters. The molecule has 1 aromatic rings. The molecule has 0 radical (unpaired) electrons. The van der Waals surface area contributed by atoms with Gasteiger partial charge in [-0.1, -0.05) is 0 Å². The van der Waals surface area contributed by atoms with Gasteiger partial charge in [0.2, 0.25) is 5.91 Å². The Kier molecular flexibility index (Phi) is 5.92. The summed E-state index contributed by atoms with van der Waals surface area (Å²) in [7, 11) is 4.00. The third-order valence-electron chi connectivity index (χ3n) is 2.83. The minimum absolute atomic E-state index is 0.131. The van der Waals surface area contributed by atoms with Crippen molar-refractivity contribution in [3.8, 4) is 0 Å². The van der Waals surface area contributed by atoms with Crippen molar-refractivity contribution in [2.75, 3.05) is 32.5 Å². The van der Waals surface area contributed by atoms with E-state index in [1.807, 2.05) is 14.1 Å². The van der Waals surface area contributed by atoms with Gasteiger partial charge in [-0.3, -0.25) is 14.9 Å². The van der Waals surface area contributed by atoms with E-state index in [0.29, 0.717) is 12.2 Å². The average molecular weight is 280 g/mol. The number of carbonyl (C=O) groups is 1. The molecule has 0 aliphatic carbocycles. The van der Waals surface area contributed by atoms with Gasteiger partial charge in [-0.2, -0.15) is 0 Å². The largest absolute Gasteiger partial charge is 0.379 e. The van der Waals surface area contributed by atoms with Crippen LogP contribution in [0.4, 0.5) is 11.4 Å². The lowest BCUT2D eigenvalue weighted by atomic mass is 10.1. The summed E-state index contributed by atoms with van der Waals surface area (Å²) in [6, 6.07) is 4.20. The van der Waals surface area contributed by atoms with E-state index in [9.17, 15) is 14.9 Å². The van der Waals surface area contributed by atoms with Crippen LogP contribution in [0.25, 0.3) is 0 Å². The van der Waals surface area contributed by atoms with Gasteiger partial charge < -0.3 is 16.0 Å². The number of hydrogen-bond acceptors (Lipinski definition) is 5. The summed E-state index contributed by atoms with van der Waals surface area (Å²) >= 11 is 0. The van der Waals surface area contributed by atoms with E-state index in [-0.39, 0.29) is 11.3 Å².